The number of hydrogen-bond donors (Lipinski definition) is 2. The van der Waals surface area contributed by atoms with E-state index in [1.165, 1.54) is 5.56 Å². The lowest BCUT2D eigenvalue weighted by Crippen LogP contribution is -2.49. The van der Waals surface area contributed by atoms with Gasteiger partial charge in [0.25, 0.3) is 5.91 Å². The van der Waals surface area contributed by atoms with Gasteiger partial charge in [-0.25, -0.2) is 0 Å². The van der Waals surface area contributed by atoms with Crippen LogP contribution < -0.4 is 5.32 Å². The van der Waals surface area contributed by atoms with Crippen molar-refractivity contribution in [3.63, 3.8) is 0 Å². The number of hydrogen-bond acceptors (Lipinski definition) is 3. The number of aliphatic hydroxyl groups is 1. The Hall–Kier alpha value is -1.00. The van der Waals surface area contributed by atoms with Crippen molar-refractivity contribution in [2.75, 3.05) is 18.1 Å². The SMILES string of the molecule is O=C(NCC1CC1c1ccccc1)C1(O)CCSCC1. The summed E-state index contributed by atoms with van der Waals surface area (Å²) in [6.07, 6.45) is 2.30. The fraction of sp³-hybridized carbons (Fsp3) is 0.562. The zero-order valence-electron chi connectivity index (χ0n) is 11.5. The van der Waals surface area contributed by atoms with Gasteiger partial charge in [-0.3, -0.25) is 4.79 Å². The second-order valence-corrected chi connectivity index (χ2v) is 7.09. The Bertz CT molecular complexity index is 471. The average molecular weight is 291 g/mol. The van der Waals surface area contributed by atoms with E-state index in [0.29, 0.717) is 31.2 Å². The number of benzene rings is 1. The third-order valence-corrected chi connectivity index (χ3v) is 5.40. The number of carbonyl (C=O) groups excluding carboxylic acids is 1. The topological polar surface area (TPSA) is 49.3 Å². The molecule has 20 heavy (non-hydrogen) atoms. The van der Waals surface area contributed by atoms with E-state index in [9.17, 15) is 9.90 Å². The van der Waals surface area contributed by atoms with Crippen LogP contribution in [-0.4, -0.2) is 34.7 Å². The first kappa shape index (κ1) is 14.0. The molecule has 2 unspecified atom stereocenters. The van der Waals surface area contributed by atoms with E-state index in [1.807, 2.05) is 17.8 Å². The monoisotopic (exact) mass is 291 g/mol. The van der Waals surface area contributed by atoms with E-state index < -0.39 is 5.60 Å². The second kappa shape index (κ2) is 5.78. The van der Waals surface area contributed by atoms with Crippen molar-refractivity contribution in [3.05, 3.63) is 35.9 Å². The molecule has 1 aromatic rings. The molecule has 1 aliphatic heterocycles. The molecule has 108 valence electrons. The van der Waals surface area contributed by atoms with Gasteiger partial charge in [0.05, 0.1) is 0 Å². The van der Waals surface area contributed by atoms with E-state index in [-0.39, 0.29) is 5.91 Å². The lowest BCUT2D eigenvalue weighted by atomic mass is 9.96. The summed E-state index contributed by atoms with van der Waals surface area (Å²) in [6, 6.07) is 10.5. The quantitative estimate of drug-likeness (QED) is 0.894. The molecule has 0 aromatic heterocycles. The third-order valence-electron chi connectivity index (χ3n) is 4.42. The molecule has 2 N–H and O–H groups in total. The van der Waals surface area contributed by atoms with Crippen LogP contribution in [0.1, 0.15) is 30.7 Å². The maximum absolute atomic E-state index is 12.1. The summed E-state index contributed by atoms with van der Waals surface area (Å²) in [5.41, 5.74) is 0.238. The van der Waals surface area contributed by atoms with Gasteiger partial charge in [-0.15, -0.1) is 0 Å². The molecular formula is C16H21NO2S. The number of nitrogens with one attached hydrogen (secondary N) is 1. The molecule has 0 radical (unpaired) electrons. The highest BCUT2D eigenvalue weighted by Crippen LogP contribution is 2.46. The van der Waals surface area contributed by atoms with E-state index in [1.54, 1.807) is 0 Å². The van der Waals surface area contributed by atoms with Gasteiger partial charge in [0.15, 0.2) is 0 Å². The minimum Gasteiger partial charge on any atom is -0.380 e. The zero-order valence-corrected chi connectivity index (χ0v) is 12.4. The first-order chi connectivity index (χ1) is 9.69. The molecule has 1 aliphatic carbocycles. The van der Waals surface area contributed by atoms with Crippen LogP contribution in [0.3, 0.4) is 0 Å². The van der Waals surface area contributed by atoms with Crippen LogP contribution in [0.15, 0.2) is 30.3 Å². The van der Waals surface area contributed by atoms with E-state index in [0.717, 1.165) is 17.9 Å². The summed E-state index contributed by atoms with van der Waals surface area (Å²) in [4.78, 5) is 12.1. The third kappa shape index (κ3) is 3.01. The summed E-state index contributed by atoms with van der Waals surface area (Å²) in [5, 5.41) is 13.3. The molecular weight excluding hydrogens is 270 g/mol. The van der Waals surface area contributed by atoms with Crippen LogP contribution in [0.25, 0.3) is 0 Å². The zero-order chi connectivity index (χ0) is 14.0. The molecule has 1 saturated heterocycles. The molecule has 1 heterocycles. The normalized spacial score (nSPS) is 27.9. The molecule has 3 rings (SSSR count). The Labute approximate surface area is 124 Å². The maximum atomic E-state index is 12.1. The molecule has 2 fully saturated rings. The summed E-state index contributed by atoms with van der Waals surface area (Å²) in [7, 11) is 0. The van der Waals surface area contributed by atoms with Crippen LogP contribution >= 0.6 is 11.8 Å². The van der Waals surface area contributed by atoms with Crippen LogP contribution in [0.2, 0.25) is 0 Å². The van der Waals surface area contributed by atoms with Crippen molar-refractivity contribution >= 4 is 17.7 Å². The van der Waals surface area contributed by atoms with Crippen molar-refractivity contribution in [1.29, 1.82) is 0 Å². The summed E-state index contributed by atoms with van der Waals surface area (Å²) in [5.74, 6) is 2.69. The van der Waals surface area contributed by atoms with Crippen molar-refractivity contribution in [2.45, 2.75) is 30.8 Å². The highest BCUT2D eigenvalue weighted by Gasteiger charge is 2.41. The predicted octanol–water partition coefficient (Wildman–Crippen LogP) is 2.16. The maximum Gasteiger partial charge on any atom is 0.252 e. The van der Waals surface area contributed by atoms with Gasteiger partial charge in [0, 0.05) is 6.54 Å². The Morgan fingerprint density at radius 2 is 2.00 bits per heavy atom. The minimum absolute atomic E-state index is 0.170. The van der Waals surface area contributed by atoms with Crippen LogP contribution in [0.5, 0.6) is 0 Å². The van der Waals surface area contributed by atoms with Gasteiger partial charge in [-0.05, 0) is 48.2 Å². The van der Waals surface area contributed by atoms with E-state index >= 15 is 0 Å². The average Bonchev–Trinajstić information content (AvgIpc) is 3.26. The second-order valence-electron chi connectivity index (χ2n) is 5.87. The van der Waals surface area contributed by atoms with Crippen molar-refractivity contribution < 1.29 is 9.90 Å². The van der Waals surface area contributed by atoms with E-state index in [2.05, 4.69) is 29.6 Å². The van der Waals surface area contributed by atoms with Crippen LogP contribution in [0, 0.1) is 5.92 Å². The fourth-order valence-corrected chi connectivity index (χ4v) is 4.07. The standard InChI is InChI=1S/C16H21NO2S/c18-15(16(19)6-8-20-9-7-16)17-11-13-10-14(13)12-4-2-1-3-5-12/h1-5,13-14,19H,6-11H2,(H,17,18). The highest BCUT2D eigenvalue weighted by atomic mass is 32.2. The van der Waals surface area contributed by atoms with Gasteiger partial charge in [-0.1, -0.05) is 30.3 Å². The van der Waals surface area contributed by atoms with Gasteiger partial charge in [-0.2, -0.15) is 11.8 Å². The van der Waals surface area contributed by atoms with Gasteiger partial charge >= 0.3 is 0 Å². The van der Waals surface area contributed by atoms with Crippen molar-refractivity contribution in [1.82, 2.24) is 5.32 Å². The Morgan fingerprint density at radius 1 is 1.30 bits per heavy atom. The van der Waals surface area contributed by atoms with Crippen LogP contribution in [-0.2, 0) is 4.79 Å². The van der Waals surface area contributed by atoms with Crippen LogP contribution in [0.4, 0.5) is 0 Å². The summed E-state index contributed by atoms with van der Waals surface area (Å²) >= 11 is 1.81. The highest BCUT2D eigenvalue weighted by molar-refractivity contribution is 7.99. The fourth-order valence-electron chi connectivity index (χ4n) is 2.91. The molecule has 2 atom stereocenters. The lowest BCUT2D eigenvalue weighted by Gasteiger charge is -2.30. The smallest absolute Gasteiger partial charge is 0.252 e. The molecule has 3 nitrogen and oxygen atoms in total. The van der Waals surface area contributed by atoms with Gasteiger partial charge < -0.3 is 10.4 Å². The molecule has 2 aliphatic rings. The summed E-state index contributed by atoms with van der Waals surface area (Å²) < 4.78 is 0. The van der Waals surface area contributed by atoms with Crippen molar-refractivity contribution in [3.8, 4) is 0 Å². The number of amides is 1. The predicted molar refractivity (Wildman–Crippen MR) is 81.8 cm³/mol. The van der Waals surface area contributed by atoms with E-state index in [4.69, 9.17) is 0 Å². The number of rotatable bonds is 4. The first-order valence-corrected chi connectivity index (χ1v) is 8.48. The van der Waals surface area contributed by atoms with Gasteiger partial charge in [0.2, 0.25) is 0 Å². The molecule has 1 amide bonds. The Kier molecular flexibility index (Phi) is 4.03. The number of thioether (sulfide) groups is 1. The molecule has 4 heteroatoms. The minimum atomic E-state index is -1.12. The largest absolute Gasteiger partial charge is 0.380 e. The first-order valence-electron chi connectivity index (χ1n) is 7.32. The van der Waals surface area contributed by atoms with Crippen molar-refractivity contribution in [2.24, 2.45) is 5.92 Å². The summed E-state index contributed by atoms with van der Waals surface area (Å²) in [6.45, 7) is 0.688. The molecule has 0 spiro atoms. The molecule has 0 bridgehead atoms. The lowest BCUT2D eigenvalue weighted by molar-refractivity contribution is -0.140. The molecule has 1 aromatic carbocycles. The van der Waals surface area contributed by atoms with Gasteiger partial charge in [0.1, 0.15) is 5.60 Å². The Morgan fingerprint density at radius 3 is 2.70 bits per heavy atom. The molecule has 1 saturated carbocycles. The number of carbonyl (C=O) groups is 1. The Balaban J connectivity index is 1.48.